The summed E-state index contributed by atoms with van der Waals surface area (Å²) in [4.78, 5) is 0. The smallest absolute Gasteiger partial charge is 0.416 e. The van der Waals surface area contributed by atoms with Crippen molar-refractivity contribution in [2.75, 3.05) is 14.2 Å². The third-order valence-electron chi connectivity index (χ3n) is 1.99. The van der Waals surface area contributed by atoms with E-state index in [1.54, 1.807) is 7.05 Å². The summed E-state index contributed by atoms with van der Waals surface area (Å²) in [5.74, 6) is 0.424. The summed E-state index contributed by atoms with van der Waals surface area (Å²) in [7, 11) is 3.02. The molecular formula is C10H12F3NO. The van der Waals surface area contributed by atoms with Crippen molar-refractivity contribution in [1.29, 1.82) is 0 Å². The van der Waals surface area contributed by atoms with E-state index >= 15 is 0 Å². The van der Waals surface area contributed by atoms with Crippen LogP contribution < -0.4 is 10.1 Å². The lowest BCUT2D eigenvalue weighted by Crippen LogP contribution is -2.14. The highest BCUT2D eigenvalue weighted by Crippen LogP contribution is 2.33. The maximum absolute atomic E-state index is 12.5. The summed E-state index contributed by atoms with van der Waals surface area (Å²) >= 11 is 0. The summed E-state index contributed by atoms with van der Waals surface area (Å²) < 4.78 is 42.5. The average molecular weight is 219 g/mol. The van der Waals surface area contributed by atoms with Gasteiger partial charge in [0.05, 0.1) is 12.7 Å². The Morgan fingerprint density at radius 1 is 1.33 bits per heavy atom. The fraction of sp³-hybridized carbons (Fsp3) is 0.400. The molecule has 0 aliphatic rings. The first-order chi connectivity index (χ1) is 6.99. The van der Waals surface area contributed by atoms with Crippen LogP contribution in [0.5, 0.6) is 5.75 Å². The molecule has 0 atom stereocenters. The number of hydrogen-bond acceptors (Lipinski definition) is 2. The quantitative estimate of drug-likeness (QED) is 0.843. The molecule has 0 bridgehead atoms. The van der Waals surface area contributed by atoms with E-state index in [0.29, 0.717) is 5.75 Å². The normalized spacial score (nSPS) is 11.5. The molecule has 1 aromatic carbocycles. The second kappa shape index (κ2) is 4.53. The van der Waals surface area contributed by atoms with Crippen molar-refractivity contribution in [1.82, 2.24) is 5.32 Å². The van der Waals surface area contributed by atoms with Crippen LogP contribution in [0.1, 0.15) is 11.1 Å². The van der Waals surface area contributed by atoms with Crippen LogP contribution >= 0.6 is 0 Å². The molecular weight excluding hydrogens is 207 g/mol. The van der Waals surface area contributed by atoms with Crippen molar-refractivity contribution < 1.29 is 17.9 Å². The number of rotatable bonds is 3. The van der Waals surface area contributed by atoms with E-state index in [9.17, 15) is 13.2 Å². The van der Waals surface area contributed by atoms with Gasteiger partial charge < -0.3 is 10.1 Å². The third-order valence-corrected chi connectivity index (χ3v) is 1.99. The predicted octanol–water partition coefficient (Wildman–Crippen LogP) is 2.43. The van der Waals surface area contributed by atoms with E-state index in [1.807, 2.05) is 0 Å². The monoisotopic (exact) mass is 219 g/mol. The number of benzene rings is 1. The lowest BCUT2D eigenvalue weighted by molar-refractivity contribution is -0.138. The Balaban J connectivity index is 3.15. The van der Waals surface area contributed by atoms with Gasteiger partial charge in [-0.15, -0.1) is 0 Å². The number of nitrogens with one attached hydrogen (secondary N) is 1. The Morgan fingerprint density at radius 3 is 2.47 bits per heavy atom. The van der Waals surface area contributed by atoms with E-state index in [2.05, 4.69) is 5.32 Å². The Kier molecular flexibility index (Phi) is 3.57. The van der Waals surface area contributed by atoms with Crippen molar-refractivity contribution in [3.8, 4) is 5.75 Å². The van der Waals surface area contributed by atoms with E-state index in [4.69, 9.17) is 4.74 Å². The van der Waals surface area contributed by atoms with Crippen LogP contribution in [0.15, 0.2) is 18.2 Å². The summed E-state index contributed by atoms with van der Waals surface area (Å²) in [6.07, 6.45) is -4.32. The zero-order valence-electron chi connectivity index (χ0n) is 8.48. The molecule has 1 rings (SSSR count). The van der Waals surface area contributed by atoms with Crippen LogP contribution in [0.2, 0.25) is 0 Å². The van der Waals surface area contributed by atoms with Crippen LogP contribution in [-0.2, 0) is 12.7 Å². The molecule has 1 N–H and O–H groups in total. The van der Waals surface area contributed by atoms with Gasteiger partial charge in [-0.1, -0.05) is 0 Å². The molecule has 0 unspecified atom stereocenters. The molecule has 0 spiro atoms. The van der Waals surface area contributed by atoms with Crippen LogP contribution in [0.25, 0.3) is 0 Å². The molecule has 0 aliphatic carbocycles. The molecule has 2 nitrogen and oxygen atoms in total. The maximum atomic E-state index is 12.5. The number of halogens is 3. The van der Waals surface area contributed by atoms with Gasteiger partial charge in [0.2, 0.25) is 0 Å². The SMILES string of the molecule is CNCc1cc(OC)ccc1C(F)(F)F. The molecule has 0 amide bonds. The second-order valence-electron chi connectivity index (χ2n) is 3.05. The fourth-order valence-electron chi connectivity index (χ4n) is 1.31. The van der Waals surface area contributed by atoms with Crippen molar-refractivity contribution in [3.63, 3.8) is 0 Å². The highest BCUT2D eigenvalue weighted by atomic mass is 19.4. The first kappa shape index (κ1) is 11.8. The second-order valence-corrected chi connectivity index (χ2v) is 3.05. The first-order valence-corrected chi connectivity index (χ1v) is 4.37. The first-order valence-electron chi connectivity index (χ1n) is 4.37. The van der Waals surface area contributed by atoms with Gasteiger partial charge in [0.1, 0.15) is 5.75 Å². The molecule has 15 heavy (non-hydrogen) atoms. The van der Waals surface area contributed by atoms with Gasteiger partial charge in [-0.2, -0.15) is 13.2 Å². The Hall–Kier alpha value is -1.23. The predicted molar refractivity (Wildman–Crippen MR) is 50.8 cm³/mol. The molecule has 0 heterocycles. The number of alkyl halides is 3. The van der Waals surface area contributed by atoms with Gasteiger partial charge in [-0.3, -0.25) is 0 Å². The Labute approximate surface area is 86.1 Å². The Bertz CT molecular complexity index is 336. The molecule has 0 radical (unpaired) electrons. The molecule has 0 fully saturated rings. The summed E-state index contributed by atoms with van der Waals surface area (Å²) in [5.41, 5.74) is -0.443. The van der Waals surface area contributed by atoms with E-state index in [1.165, 1.54) is 19.2 Å². The van der Waals surface area contributed by atoms with Gasteiger partial charge >= 0.3 is 6.18 Å². The number of methoxy groups -OCH3 is 1. The lowest BCUT2D eigenvalue weighted by Gasteiger charge is -2.13. The van der Waals surface area contributed by atoms with Gasteiger partial charge in [0.25, 0.3) is 0 Å². The summed E-state index contributed by atoms with van der Waals surface area (Å²) in [6.45, 7) is 0.159. The van der Waals surface area contributed by atoms with Gasteiger partial charge in [0, 0.05) is 6.54 Å². The Morgan fingerprint density at radius 2 is 2.00 bits per heavy atom. The molecule has 0 saturated heterocycles. The minimum atomic E-state index is -4.32. The average Bonchev–Trinajstić information content (AvgIpc) is 2.16. The minimum absolute atomic E-state index is 0.159. The molecule has 0 aliphatic heterocycles. The lowest BCUT2D eigenvalue weighted by atomic mass is 10.1. The van der Waals surface area contributed by atoms with E-state index < -0.39 is 11.7 Å². The number of ether oxygens (including phenoxy) is 1. The van der Waals surface area contributed by atoms with E-state index in [-0.39, 0.29) is 12.1 Å². The van der Waals surface area contributed by atoms with Crippen molar-refractivity contribution >= 4 is 0 Å². The zero-order valence-corrected chi connectivity index (χ0v) is 8.48. The topological polar surface area (TPSA) is 21.3 Å². The molecule has 1 aromatic rings. The number of hydrogen-bond donors (Lipinski definition) is 1. The standard InChI is InChI=1S/C10H12F3NO/c1-14-6-7-5-8(15-2)3-4-9(7)10(11,12)13/h3-5,14H,6H2,1-2H3. The summed E-state index contributed by atoms with van der Waals surface area (Å²) in [6, 6.07) is 3.73. The maximum Gasteiger partial charge on any atom is 0.416 e. The summed E-state index contributed by atoms with van der Waals surface area (Å²) in [5, 5.41) is 2.69. The van der Waals surface area contributed by atoms with E-state index in [0.717, 1.165) is 6.07 Å². The van der Waals surface area contributed by atoms with Crippen LogP contribution in [-0.4, -0.2) is 14.2 Å². The van der Waals surface area contributed by atoms with Crippen LogP contribution in [0, 0.1) is 0 Å². The van der Waals surface area contributed by atoms with Crippen LogP contribution in [0.3, 0.4) is 0 Å². The zero-order chi connectivity index (χ0) is 11.5. The van der Waals surface area contributed by atoms with Gasteiger partial charge in [-0.25, -0.2) is 0 Å². The third kappa shape index (κ3) is 2.86. The van der Waals surface area contributed by atoms with Crippen LogP contribution in [0.4, 0.5) is 13.2 Å². The molecule has 5 heteroatoms. The highest BCUT2D eigenvalue weighted by molar-refractivity contribution is 5.37. The largest absolute Gasteiger partial charge is 0.497 e. The highest BCUT2D eigenvalue weighted by Gasteiger charge is 2.33. The van der Waals surface area contributed by atoms with Gasteiger partial charge in [-0.05, 0) is 30.8 Å². The van der Waals surface area contributed by atoms with Gasteiger partial charge in [0.15, 0.2) is 0 Å². The molecule has 84 valence electrons. The minimum Gasteiger partial charge on any atom is -0.497 e. The molecule has 0 saturated carbocycles. The van der Waals surface area contributed by atoms with Crippen molar-refractivity contribution in [3.05, 3.63) is 29.3 Å². The fourth-order valence-corrected chi connectivity index (χ4v) is 1.31. The van der Waals surface area contributed by atoms with Crippen molar-refractivity contribution in [2.24, 2.45) is 0 Å². The molecule has 0 aromatic heterocycles. The van der Waals surface area contributed by atoms with Crippen molar-refractivity contribution in [2.45, 2.75) is 12.7 Å².